The van der Waals surface area contributed by atoms with Crippen LogP contribution < -0.4 is 5.32 Å². The van der Waals surface area contributed by atoms with E-state index in [2.05, 4.69) is 38.2 Å². The zero-order valence-electron chi connectivity index (χ0n) is 18.6. The van der Waals surface area contributed by atoms with E-state index in [1.54, 1.807) is 30.6 Å². The second-order valence-corrected chi connectivity index (χ2v) is 12.1. The summed E-state index contributed by atoms with van der Waals surface area (Å²) >= 11 is 3.43. The van der Waals surface area contributed by atoms with Gasteiger partial charge in [0.2, 0.25) is 10.0 Å². The molecule has 2 saturated heterocycles. The monoisotopic (exact) mass is 520 g/mol. The lowest BCUT2D eigenvalue weighted by Gasteiger charge is -2.57. The number of carbonyl (C=O) groups is 1. The largest absolute Gasteiger partial charge is 0.343 e. The second kappa shape index (κ2) is 8.85. The predicted octanol–water partition coefficient (Wildman–Crippen LogP) is 3.44. The number of carbonyl (C=O) groups excluding carboxylic acids is 1. The lowest BCUT2D eigenvalue weighted by molar-refractivity contribution is -0.0404. The molecule has 1 amide bonds. The number of nitrogens with one attached hydrogen (secondary N) is 1. The SMILES string of the molecule is CN1CC2CCC1(C(NC(=O)c1ccncc1Br)c1ccc(S(=O)(=O)N(C)C)cc1)CC2. The first-order valence-corrected chi connectivity index (χ1v) is 13.0. The molecule has 32 heavy (non-hydrogen) atoms. The van der Waals surface area contributed by atoms with E-state index in [-0.39, 0.29) is 22.4 Å². The van der Waals surface area contributed by atoms with Crippen molar-refractivity contribution in [2.75, 3.05) is 27.7 Å². The third kappa shape index (κ3) is 4.11. The quantitative estimate of drug-likeness (QED) is 0.630. The highest BCUT2D eigenvalue weighted by atomic mass is 79.9. The molecule has 5 rings (SSSR count). The minimum Gasteiger partial charge on any atom is -0.343 e. The molecule has 3 aliphatic rings. The van der Waals surface area contributed by atoms with Gasteiger partial charge in [0.25, 0.3) is 5.91 Å². The van der Waals surface area contributed by atoms with Crippen LogP contribution in [0.15, 0.2) is 52.1 Å². The molecule has 1 aromatic heterocycles. The van der Waals surface area contributed by atoms with Crippen molar-refractivity contribution in [2.24, 2.45) is 5.92 Å². The average molecular weight is 521 g/mol. The fraction of sp³-hybridized carbons (Fsp3) is 0.478. The number of fused-ring (bicyclic) bond motifs is 3. The first kappa shape index (κ1) is 23.4. The van der Waals surface area contributed by atoms with Crippen molar-refractivity contribution in [3.05, 3.63) is 58.3 Å². The number of rotatable bonds is 6. The summed E-state index contributed by atoms with van der Waals surface area (Å²) in [5.74, 6) is 0.532. The molecular formula is C23H29BrN4O3S. The second-order valence-electron chi connectivity index (χ2n) is 9.05. The number of sulfonamides is 1. The Bertz CT molecular complexity index is 1100. The minimum atomic E-state index is -3.52. The Kier molecular flexibility index (Phi) is 6.46. The van der Waals surface area contributed by atoms with Crippen LogP contribution in [0.25, 0.3) is 0 Å². The Morgan fingerprint density at radius 3 is 2.44 bits per heavy atom. The van der Waals surface area contributed by atoms with E-state index in [0.29, 0.717) is 16.0 Å². The molecule has 3 heterocycles. The van der Waals surface area contributed by atoms with Gasteiger partial charge in [0.05, 0.1) is 16.5 Å². The van der Waals surface area contributed by atoms with Crippen molar-refractivity contribution in [3.63, 3.8) is 0 Å². The molecule has 3 fully saturated rings. The maximum Gasteiger partial charge on any atom is 0.253 e. The fourth-order valence-electron chi connectivity index (χ4n) is 5.16. The lowest BCUT2D eigenvalue weighted by atomic mass is 9.66. The van der Waals surface area contributed by atoms with E-state index in [1.807, 2.05) is 12.1 Å². The highest BCUT2D eigenvalue weighted by Gasteiger charge is 2.50. The van der Waals surface area contributed by atoms with Crippen LogP contribution >= 0.6 is 15.9 Å². The third-order valence-corrected chi connectivity index (χ3v) is 9.55. The van der Waals surface area contributed by atoms with Crippen LogP contribution in [-0.4, -0.2) is 61.7 Å². The summed E-state index contributed by atoms with van der Waals surface area (Å²) in [6.07, 6.45) is 7.49. The number of likely N-dealkylation sites (N-methyl/N-ethyl adjacent to an activating group) is 1. The van der Waals surface area contributed by atoms with E-state index in [0.717, 1.165) is 37.8 Å². The van der Waals surface area contributed by atoms with Crippen molar-refractivity contribution in [1.82, 2.24) is 19.5 Å². The number of halogens is 1. The molecule has 2 aromatic rings. The number of piperidine rings is 2. The standard InChI is InChI=1S/C23H29BrN4O3S/c1-27(2)32(30,31)18-6-4-17(5-7-18)21(23-11-8-16(9-12-23)15-28(23)3)26-22(29)19-10-13-25-14-20(19)24/h4-7,10,13-14,16,21H,8-9,11-12,15H2,1-3H3,(H,26,29). The summed E-state index contributed by atoms with van der Waals surface area (Å²) in [4.78, 5) is 20.0. The van der Waals surface area contributed by atoms with Crippen LogP contribution in [0.4, 0.5) is 0 Å². The van der Waals surface area contributed by atoms with Crippen molar-refractivity contribution < 1.29 is 13.2 Å². The smallest absolute Gasteiger partial charge is 0.253 e. The first-order chi connectivity index (χ1) is 15.1. The number of hydrogen-bond acceptors (Lipinski definition) is 5. The molecule has 1 N–H and O–H groups in total. The Balaban J connectivity index is 1.73. The molecule has 1 unspecified atom stereocenters. The molecule has 0 spiro atoms. The Morgan fingerprint density at radius 1 is 1.22 bits per heavy atom. The van der Waals surface area contributed by atoms with Gasteiger partial charge in [0.1, 0.15) is 0 Å². The van der Waals surface area contributed by atoms with Gasteiger partial charge in [-0.05, 0) is 78.3 Å². The van der Waals surface area contributed by atoms with Gasteiger partial charge in [-0.3, -0.25) is 14.7 Å². The summed E-state index contributed by atoms with van der Waals surface area (Å²) in [7, 11) is 1.66. The van der Waals surface area contributed by atoms with Crippen molar-refractivity contribution in [3.8, 4) is 0 Å². The van der Waals surface area contributed by atoms with E-state index in [4.69, 9.17) is 0 Å². The summed E-state index contributed by atoms with van der Waals surface area (Å²) in [6, 6.07) is 8.38. The van der Waals surface area contributed by atoms with E-state index >= 15 is 0 Å². The average Bonchev–Trinajstić information content (AvgIpc) is 2.78. The van der Waals surface area contributed by atoms with Gasteiger partial charge < -0.3 is 5.32 Å². The normalized spacial score (nSPS) is 24.5. The highest BCUT2D eigenvalue weighted by molar-refractivity contribution is 9.10. The van der Waals surface area contributed by atoms with Crippen LogP contribution in [0.2, 0.25) is 0 Å². The molecule has 1 atom stereocenters. The van der Waals surface area contributed by atoms with Crippen molar-refractivity contribution in [1.29, 1.82) is 0 Å². The van der Waals surface area contributed by atoms with Gasteiger partial charge in [-0.2, -0.15) is 0 Å². The summed E-state index contributed by atoms with van der Waals surface area (Å²) in [5, 5.41) is 3.29. The molecule has 7 nitrogen and oxygen atoms in total. The van der Waals surface area contributed by atoms with Crippen molar-refractivity contribution in [2.45, 2.75) is 42.2 Å². The zero-order chi connectivity index (χ0) is 23.1. The van der Waals surface area contributed by atoms with Gasteiger partial charge in [0, 0.05) is 43.0 Å². The summed E-state index contributed by atoms with van der Waals surface area (Å²) in [6.45, 7) is 1.01. The molecule has 0 radical (unpaired) electrons. The maximum absolute atomic E-state index is 13.3. The molecule has 1 aliphatic carbocycles. The summed E-state index contributed by atoms with van der Waals surface area (Å²) < 4.78 is 26.9. The van der Waals surface area contributed by atoms with E-state index in [1.165, 1.54) is 18.4 Å². The van der Waals surface area contributed by atoms with Gasteiger partial charge in [-0.25, -0.2) is 12.7 Å². The van der Waals surface area contributed by atoms with Crippen LogP contribution in [-0.2, 0) is 10.0 Å². The number of pyridine rings is 1. The summed E-state index contributed by atoms with van der Waals surface area (Å²) in [5.41, 5.74) is 1.24. The van der Waals surface area contributed by atoms with Gasteiger partial charge in [-0.1, -0.05) is 12.1 Å². The molecule has 1 aromatic carbocycles. The zero-order valence-corrected chi connectivity index (χ0v) is 21.0. The number of benzene rings is 1. The number of amides is 1. The molecule has 2 bridgehead atoms. The van der Waals surface area contributed by atoms with Crippen LogP contribution in [0, 0.1) is 5.92 Å². The maximum atomic E-state index is 13.3. The van der Waals surface area contributed by atoms with Crippen LogP contribution in [0.5, 0.6) is 0 Å². The third-order valence-electron chi connectivity index (χ3n) is 7.09. The molecule has 172 valence electrons. The predicted molar refractivity (Wildman–Crippen MR) is 127 cm³/mol. The number of hydrogen-bond donors (Lipinski definition) is 1. The molecular weight excluding hydrogens is 492 g/mol. The fourth-order valence-corrected chi connectivity index (χ4v) is 6.49. The van der Waals surface area contributed by atoms with Gasteiger partial charge in [-0.15, -0.1) is 0 Å². The van der Waals surface area contributed by atoms with Crippen LogP contribution in [0.1, 0.15) is 47.6 Å². The Morgan fingerprint density at radius 2 is 1.88 bits per heavy atom. The highest BCUT2D eigenvalue weighted by Crippen LogP contribution is 2.49. The number of aromatic nitrogens is 1. The van der Waals surface area contributed by atoms with E-state index in [9.17, 15) is 13.2 Å². The first-order valence-electron chi connectivity index (χ1n) is 10.8. The number of nitrogens with zero attached hydrogens (tertiary/aromatic N) is 3. The Labute approximate surface area is 198 Å². The van der Waals surface area contributed by atoms with Crippen LogP contribution in [0.3, 0.4) is 0 Å². The molecule has 9 heteroatoms. The topological polar surface area (TPSA) is 82.6 Å². The molecule has 1 saturated carbocycles. The minimum absolute atomic E-state index is 0.176. The van der Waals surface area contributed by atoms with Crippen molar-refractivity contribution >= 4 is 31.9 Å². The lowest BCUT2D eigenvalue weighted by Crippen LogP contribution is -2.62. The molecule has 2 aliphatic heterocycles. The van der Waals surface area contributed by atoms with Gasteiger partial charge >= 0.3 is 0 Å². The van der Waals surface area contributed by atoms with E-state index < -0.39 is 10.0 Å². The van der Waals surface area contributed by atoms with Gasteiger partial charge in [0.15, 0.2) is 0 Å². The Hall–Kier alpha value is -1.81.